The van der Waals surface area contributed by atoms with Crippen LogP contribution in [0.15, 0.2) is 6.08 Å². The highest BCUT2D eigenvalue weighted by Gasteiger charge is 2.17. The van der Waals surface area contributed by atoms with Gasteiger partial charge in [-0.1, -0.05) is 12.2 Å². The van der Waals surface area contributed by atoms with E-state index in [0.717, 1.165) is 24.1 Å². The van der Waals surface area contributed by atoms with Crippen LogP contribution in [-0.4, -0.2) is 16.1 Å². The molecule has 0 aromatic carbocycles. The Morgan fingerprint density at radius 3 is 3.31 bits per heavy atom. The van der Waals surface area contributed by atoms with E-state index < -0.39 is 0 Å². The lowest BCUT2D eigenvalue weighted by Crippen LogP contribution is -2.30. The van der Waals surface area contributed by atoms with Crippen molar-refractivity contribution in [3.8, 4) is 0 Å². The maximum absolute atomic E-state index is 11.2. The number of hydrogen-bond donors (Lipinski definition) is 3. The second-order valence-corrected chi connectivity index (χ2v) is 2.88. The number of rotatable bonds is 1. The molecule has 4 N–H and O–H groups in total. The molecular weight excluding hydrogens is 168 g/mol. The highest BCUT2D eigenvalue weighted by molar-refractivity contribution is 5.95. The standard InChI is InChI=1S/C8H10N4O/c9-10-8(13)7-5-3-1-2-4-6(5)11-12-7/h1,3H,2,4,9H2,(H,10,13)(H,11,12). The summed E-state index contributed by atoms with van der Waals surface area (Å²) in [6.45, 7) is 0. The molecule has 0 spiro atoms. The first-order valence-corrected chi connectivity index (χ1v) is 4.07. The third kappa shape index (κ3) is 1.23. The van der Waals surface area contributed by atoms with Crippen molar-refractivity contribution in [2.24, 2.45) is 5.84 Å². The number of nitrogens with zero attached hydrogens (tertiary/aromatic N) is 1. The van der Waals surface area contributed by atoms with E-state index in [1.807, 2.05) is 12.2 Å². The SMILES string of the molecule is NNC(=O)c1n[nH]c2c1C=CCC2. The van der Waals surface area contributed by atoms with Gasteiger partial charge in [-0.05, 0) is 12.8 Å². The van der Waals surface area contributed by atoms with E-state index >= 15 is 0 Å². The summed E-state index contributed by atoms with van der Waals surface area (Å²) < 4.78 is 0. The summed E-state index contributed by atoms with van der Waals surface area (Å²) in [7, 11) is 0. The summed E-state index contributed by atoms with van der Waals surface area (Å²) in [5.41, 5.74) is 4.29. The van der Waals surface area contributed by atoms with Gasteiger partial charge in [0.25, 0.3) is 5.91 Å². The largest absolute Gasteiger partial charge is 0.289 e. The average Bonchev–Trinajstić information content (AvgIpc) is 2.60. The Morgan fingerprint density at radius 1 is 1.69 bits per heavy atom. The number of carbonyl (C=O) groups is 1. The van der Waals surface area contributed by atoms with Crippen molar-refractivity contribution < 1.29 is 4.79 Å². The molecule has 68 valence electrons. The first-order chi connectivity index (χ1) is 6.33. The lowest BCUT2D eigenvalue weighted by atomic mass is 10.0. The highest BCUT2D eigenvalue weighted by atomic mass is 16.2. The van der Waals surface area contributed by atoms with Crippen molar-refractivity contribution in [2.75, 3.05) is 0 Å². The second kappa shape index (κ2) is 3.02. The number of nitrogens with two attached hydrogens (primary N) is 1. The van der Waals surface area contributed by atoms with Crippen molar-refractivity contribution in [3.63, 3.8) is 0 Å². The van der Waals surface area contributed by atoms with Gasteiger partial charge < -0.3 is 0 Å². The number of hydrazine groups is 1. The molecule has 0 unspecified atom stereocenters. The van der Waals surface area contributed by atoms with Crippen LogP contribution < -0.4 is 11.3 Å². The van der Waals surface area contributed by atoms with Gasteiger partial charge >= 0.3 is 0 Å². The normalized spacial score (nSPS) is 13.9. The summed E-state index contributed by atoms with van der Waals surface area (Å²) in [5.74, 6) is 4.66. The maximum atomic E-state index is 11.2. The quantitative estimate of drug-likeness (QED) is 0.321. The Morgan fingerprint density at radius 2 is 2.54 bits per heavy atom. The highest BCUT2D eigenvalue weighted by Crippen LogP contribution is 2.19. The number of nitrogens with one attached hydrogen (secondary N) is 2. The molecule has 0 saturated carbocycles. The predicted molar refractivity (Wildman–Crippen MR) is 47.6 cm³/mol. The van der Waals surface area contributed by atoms with Gasteiger partial charge in [0.2, 0.25) is 0 Å². The van der Waals surface area contributed by atoms with Gasteiger partial charge in [-0.25, -0.2) is 5.84 Å². The molecule has 1 aromatic rings. The fourth-order valence-corrected chi connectivity index (χ4v) is 1.43. The van der Waals surface area contributed by atoms with Crippen LogP contribution in [0.25, 0.3) is 6.08 Å². The molecule has 0 saturated heterocycles. The zero-order chi connectivity index (χ0) is 9.26. The van der Waals surface area contributed by atoms with Crippen LogP contribution in [0.1, 0.15) is 28.2 Å². The molecule has 1 amide bonds. The van der Waals surface area contributed by atoms with E-state index in [4.69, 9.17) is 5.84 Å². The Balaban J connectivity index is 2.44. The molecule has 0 fully saturated rings. The molecule has 1 aromatic heterocycles. The Labute approximate surface area is 75.0 Å². The summed E-state index contributed by atoms with van der Waals surface area (Å²) in [5, 5.41) is 6.72. The third-order valence-electron chi connectivity index (χ3n) is 2.07. The van der Waals surface area contributed by atoms with Crippen LogP contribution >= 0.6 is 0 Å². The third-order valence-corrected chi connectivity index (χ3v) is 2.07. The van der Waals surface area contributed by atoms with Gasteiger partial charge in [-0.2, -0.15) is 5.10 Å². The second-order valence-electron chi connectivity index (χ2n) is 2.88. The lowest BCUT2D eigenvalue weighted by molar-refractivity contribution is 0.0948. The van der Waals surface area contributed by atoms with Gasteiger partial charge in [0.05, 0.1) is 0 Å². The number of amides is 1. The smallest absolute Gasteiger partial charge is 0.286 e. The number of nitrogen functional groups attached to an aromatic ring is 1. The molecule has 5 nitrogen and oxygen atoms in total. The van der Waals surface area contributed by atoms with Crippen molar-refractivity contribution in [1.82, 2.24) is 15.6 Å². The van der Waals surface area contributed by atoms with Crippen molar-refractivity contribution in [1.29, 1.82) is 0 Å². The minimum atomic E-state index is -0.357. The molecule has 0 aliphatic heterocycles. The van der Waals surface area contributed by atoms with E-state index in [1.54, 1.807) is 0 Å². The number of aromatic amines is 1. The topological polar surface area (TPSA) is 83.8 Å². The summed E-state index contributed by atoms with van der Waals surface area (Å²) >= 11 is 0. The van der Waals surface area contributed by atoms with Gasteiger partial charge in [0.1, 0.15) is 0 Å². The lowest BCUT2D eigenvalue weighted by Gasteiger charge is -2.03. The number of fused-ring (bicyclic) bond motifs is 1. The van der Waals surface area contributed by atoms with Gasteiger partial charge in [0, 0.05) is 11.3 Å². The minimum absolute atomic E-state index is 0.357. The fourth-order valence-electron chi connectivity index (χ4n) is 1.43. The van der Waals surface area contributed by atoms with Gasteiger partial charge in [-0.3, -0.25) is 15.3 Å². The number of allylic oxidation sites excluding steroid dienone is 1. The van der Waals surface area contributed by atoms with Crippen LogP contribution in [0, 0.1) is 0 Å². The Kier molecular flexibility index (Phi) is 1.86. The van der Waals surface area contributed by atoms with Crippen LogP contribution in [0.3, 0.4) is 0 Å². The van der Waals surface area contributed by atoms with E-state index in [9.17, 15) is 4.79 Å². The number of carbonyl (C=O) groups excluding carboxylic acids is 1. The first kappa shape index (κ1) is 8.00. The number of hydrogen-bond acceptors (Lipinski definition) is 3. The van der Waals surface area contributed by atoms with Crippen LogP contribution in [0.2, 0.25) is 0 Å². The van der Waals surface area contributed by atoms with Gasteiger partial charge in [-0.15, -0.1) is 0 Å². The van der Waals surface area contributed by atoms with Gasteiger partial charge in [0.15, 0.2) is 5.69 Å². The number of aryl methyl sites for hydroxylation is 1. The summed E-state index contributed by atoms with van der Waals surface area (Å²) in [6, 6.07) is 0. The Hall–Kier alpha value is -1.62. The molecule has 0 radical (unpaired) electrons. The molecule has 0 bridgehead atoms. The van der Waals surface area contributed by atoms with Crippen molar-refractivity contribution >= 4 is 12.0 Å². The molecule has 2 rings (SSSR count). The zero-order valence-corrected chi connectivity index (χ0v) is 7.00. The van der Waals surface area contributed by atoms with Crippen molar-refractivity contribution in [2.45, 2.75) is 12.8 Å². The zero-order valence-electron chi connectivity index (χ0n) is 7.00. The van der Waals surface area contributed by atoms with Crippen LogP contribution in [0.5, 0.6) is 0 Å². The van der Waals surface area contributed by atoms with E-state index in [0.29, 0.717) is 5.69 Å². The first-order valence-electron chi connectivity index (χ1n) is 4.07. The van der Waals surface area contributed by atoms with Crippen LogP contribution in [0.4, 0.5) is 0 Å². The average molecular weight is 178 g/mol. The molecule has 1 aliphatic carbocycles. The Bertz CT molecular complexity index is 366. The minimum Gasteiger partial charge on any atom is -0.289 e. The number of aromatic nitrogens is 2. The summed E-state index contributed by atoms with van der Waals surface area (Å²) in [6.07, 6.45) is 5.80. The molecule has 0 atom stereocenters. The molecule has 13 heavy (non-hydrogen) atoms. The number of H-pyrrole nitrogens is 1. The fraction of sp³-hybridized carbons (Fsp3) is 0.250. The molecule has 1 heterocycles. The molecule has 5 heteroatoms. The molecule has 1 aliphatic rings. The summed E-state index contributed by atoms with van der Waals surface area (Å²) in [4.78, 5) is 11.2. The van der Waals surface area contributed by atoms with E-state index in [1.165, 1.54) is 0 Å². The monoisotopic (exact) mass is 178 g/mol. The van der Waals surface area contributed by atoms with E-state index in [2.05, 4.69) is 15.6 Å². The maximum Gasteiger partial charge on any atom is 0.286 e. The van der Waals surface area contributed by atoms with Crippen LogP contribution in [-0.2, 0) is 6.42 Å². The predicted octanol–water partition coefficient (Wildman–Crippen LogP) is -0.0274. The molecular formula is C8H10N4O. The van der Waals surface area contributed by atoms with E-state index in [-0.39, 0.29) is 5.91 Å². The van der Waals surface area contributed by atoms with Crippen molar-refractivity contribution in [3.05, 3.63) is 23.0 Å².